The Hall–Kier alpha value is -0.340. The van der Waals surface area contributed by atoms with Crippen LogP contribution in [0.15, 0.2) is 16.8 Å². The van der Waals surface area contributed by atoms with Crippen LogP contribution in [0.4, 0.5) is 0 Å². The predicted molar refractivity (Wildman–Crippen MR) is 78.7 cm³/mol. The third-order valence-corrected chi connectivity index (χ3v) is 3.63. The van der Waals surface area contributed by atoms with Crippen molar-refractivity contribution in [1.29, 1.82) is 0 Å². The fraction of sp³-hybridized carbons (Fsp3) is 0.733. The van der Waals surface area contributed by atoms with E-state index in [2.05, 4.69) is 49.8 Å². The van der Waals surface area contributed by atoms with E-state index < -0.39 is 0 Å². The number of nitrogens with one attached hydrogen (secondary N) is 1. The zero-order valence-electron chi connectivity index (χ0n) is 11.7. The van der Waals surface area contributed by atoms with Crippen molar-refractivity contribution < 1.29 is 0 Å². The minimum absolute atomic E-state index is 0.746. The van der Waals surface area contributed by atoms with Crippen LogP contribution in [0.5, 0.6) is 0 Å². The Balaban J connectivity index is 2.37. The Kier molecular flexibility index (Phi) is 6.83. The molecule has 0 spiro atoms. The number of thiophene rings is 1. The maximum Gasteiger partial charge on any atom is -0.00171 e. The molecule has 1 rings (SSSR count). The molecule has 2 heteroatoms. The first-order valence-corrected chi connectivity index (χ1v) is 7.74. The van der Waals surface area contributed by atoms with E-state index >= 15 is 0 Å². The lowest BCUT2D eigenvalue weighted by molar-refractivity contribution is 0.376. The summed E-state index contributed by atoms with van der Waals surface area (Å²) >= 11 is 1.81. The van der Waals surface area contributed by atoms with Gasteiger partial charge in [-0.1, -0.05) is 27.7 Å². The summed E-state index contributed by atoms with van der Waals surface area (Å²) in [5, 5.41) is 8.08. The summed E-state index contributed by atoms with van der Waals surface area (Å²) in [7, 11) is 0. The smallest absolute Gasteiger partial charge is 0.00171 e. The monoisotopic (exact) mass is 253 g/mol. The van der Waals surface area contributed by atoms with Crippen LogP contribution >= 0.6 is 11.3 Å². The quantitative estimate of drug-likeness (QED) is 0.732. The highest BCUT2D eigenvalue weighted by Gasteiger charge is 2.12. The van der Waals surface area contributed by atoms with Gasteiger partial charge in [-0.15, -0.1) is 0 Å². The van der Waals surface area contributed by atoms with Crippen LogP contribution in [0.1, 0.15) is 39.7 Å². The highest BCUT2D eigenvalue weighted by Crippen LogP contribution is 2.18. The van der Waals surface area contributed by atoms with Crippen LogP contribution in [0, 0.1) is 17.8 Å². The Morgan fingerprint density at radius 3 is 2.41 bits per heavy atom. The first-order valence-electron chi connectivity index (χ1n) is 6.79. The maximum absolute atomic E-state index is 3.61. The topological polar surface area (TPSA) is 12.0 Å². The summed E-state index contributed by atoms with van der Waals surface area (Å²) in [5.74, 6) is 2.32. The maximum atomic E-state index is 3.61. The van der Waals surface area contributed by atoms with E-state index in [4.69, 9.17) is 0 Å². The molecule has 0 aliphatic carbocycles. The molecular formula is C15H27NS. The van der Waals surface area contributed by atoms with Crippen molar-refractivity contribution in [3.8, 4) is 0 Å². The molecule has 1 atom stereocenters. The molecule has 17 heavy (non-hydrogen) atoms. The molecule has 0 bridgehead atoms. The molecule has 0 radical (unpaired) electrons. The largest absolute Gasteiger partial charge is 0.316 e. The van der Waals surface area contributed by atoms with E-state index in [9.17, 15) is 0 Å². The summed E-state index contributed by atoms with van der Waals surface area (Å²) in [6, 6.07) is 2.26. The Labute approximate surface area is 111 Å². The minimum atomic E-state index is 0.746. The average Bonchev–Trinajstić information content (AvgIpc) is 2.68. The third kappa shape index (κ3) is 6.85. The van der Waals surface area contributed by atoms with E-state index in [1.54, 1.807) is 0 Å². The van der Waals surface area contributed by atoms with Crippen LogP contribution in [-0.4, -0.2) is 13.1 Å². The van der Waals surface area contributed by atoms with Gasteiger partial charge in [-0.2, -0.15) is 11.3 Å². The van der Waals surface area contributed by atoms with Crippen molar-refractivity contribution in [3.05, 3.63) is 22.4 Å². The van der Waals surface area contributed by atoms with Crippen molar-refractivity contribution in [1.82, 2.24) is 5.32 Å². The van der Waals surface area contributed by atoms with Gasteiger partial charge in [0.2, 0.25) is 0 Å². The van der Waals surface area contributed by atoms with Gasteiger partial charge < -0.3 is 5.32 Å². The normalized spacial score (nSPS) is 13.5. The molecule has 0 saturated heterocycles. The minimum Gasteiger partial charge on any atom is -0.316 e. The molecule has 98 valence electrons. The molecule has 0 fully saturated rings. The zero-order valence-corrected chi connectivity index (χ0v) is 12.5. The Morgan fingerprint density at radius 2 is 1.88 bits per heavy atom. The molecule has 1 N–H and O–H groups in total. The van der Waals surface area contributed by atoms with Crippen LogP contribution in [0.2, 0.25) is 0 Å². The van der Waals surface area contributed by atoms with E-state index in [0.29, 0.717) is 0 Å². The van der Waals surface area contributed by atoms with Gasteiger partial charge in [0.15, 0.2) is 0 Å². The van der Waals surface area contributed by atoms with Gasteiger partial charge in [0.05, 0.1) is 0 Å². The molecule has 1 aromatic heterocycles. The molecule has 1 nitrogen and oxygen atoms in total. The van der Waals surface area contributed by atoms with E-state index in [-0.39, 0.29) is 0 Å². The second-order valence-electron chi connectivity index (χ2n) is 5.88. The molecule has 0 aliphatic heterocycles. The van der Waals surface area contributed by atoms with Gasteiger partial charge in [0, 0.05) is 0 Å². The van der Waals surface area contributed by atoms with Gasteiger partial charge in [0.1, 0.15) is 0 Å². The van der Waals surface area contributed by atoms with Crippen molar-refractivity contribution in [3.63, 3.8) is 0 Å². The molecule has 0 aromatic carbocycles. The van der Waals surface area contributed by atoms with Gasteiger partial charge in [0.25, 0.3) is 0 Å². The summed E-state index contributed by atoms with van der Waals surface area (Å²) in [6.45, 7) is 11.5. The third-order valence-electron chi connectivity index (χ3n) is 2.89. The van der Waals surface area contributed by atoms with E-state index in [0.717, 1.165) is 30.8 Å². The van der Waals surface area contributed by atoms with Crippen molar-refractivity contribution in [2.45, 2.75) is 40.5 Å². The second kappa shape index (κ2) is 7.88. The van der Waals surface area contributed by atoms with Crippen LogP contribution in [-0.2, 0) is 6.42 Å². The lowest BCUT2D eigenvalue weighted by atomic mass is 9.91. The van der Waals surface area contributed by atoms with Crippen molar-refractivity contribution in [2.75, 3.05) is 13.1 Å². The fourth-order valence-corrected chi connectivity index (χ4v) is 2.91. The average molecular weight is 253 g/mol. The molecule has 0 amide bonds. The molecule has 0 saturated carbocycles. The van der Waals surface area contributed by atoms with Crippen molar-refractivity contribution in [2.24, 2.45) is 17.8 Å². The standard InChI is InChI=1S/C15H27NS/c1-12(2)7-15(10-16-9-13(3)4)8-14-5-6-17-11-14/h5-6,11-13,15-16H,7-10H2,1-4H3. The number of rotatable bonds is 8. The highest BCUT2D eigenvalue weighted by atomic mass is 32.1. The zero-order chi connectivity index (χ0) is 12.7. The number of hydrogen-bond donors (Lipinski definition) is 1. The Bertz CT molecular complexity index is 277. The van der Waals surface area contributed by atoms with Gasteiger partial charge in [-0.25, -0.2) is 0 Å². The number of hydrogen-bond acceptors (Lipinski definition) is 2. The molecule has 0 aliphatic rings. The van der Waals surface area contributed by atoms with E-state index in [1.807, 2.05) is 11.3 Å². The van der Waals surface area contributed by atoms with Crippen LogP contribution < -0.4 is 5.32 Å². The van der Waals surface area contributed by atoms with E-state index in [1.165, 1.54) is 18.4 Å². The molecule has 1 aromatic rings. The predicted octanol–water partition coefficient (Wildman–Crippen LogP) is 4.20. The Morgan fingerprint density at radius 1 is 1.12 bits per heavy atom. The SMILES string of the molecule is CC(C)CNCC(Cc1ccsc1)CC(C)C. The summed E-state index contributed by atoms with van der Waals surface area (Å²) in [4.78, 5) is 0. The van der Waals surface area contributed by atoms with Gasteiger partial charge in [-0.3, -0.25) is 0 Å². The fourth-order valence-electron chi connectivity index (χ4n) is 2.22. The first kappa shape index (κ1) is 14.7. The summed E-state index contributed by atoms with van der Waals surface area (Å²) in [5.41, 5.74) is 1.51. The molecule has 1 heterocycles. The van der Waals surface area contributed by atoms with Crippen LogP contribution in [0.3, 0.4) is 0 Å². The lowest BCUT2D eigenvalue weighted by Gasteiger charge is -2.20. The lowest BCUT2D eigenvalue weighted by Crippen LogP contribution is -2.28. The summed E-state index contributed by atoms with van der Waals surface area (Å²) < 4.78 is 0. The highest BCUT2D eigenvalue weighted by molar-refractivity contribution is 7.07. The van der Waals surface area contributed by atoms with Crippen molar-refractivity contribution >= 4 is 11.3 Å². The van der Waals surface area contributed by atoms with Crippen LogP contribution in [0.25, 0.3) is 0 Å². The van der Waals surface area contributed by atoms with Gasteiger partial charge >= 0.3 is 0 Å². The molecular weight excluding hydrogens is 226 g/mol. The first-order chi connectivity index (χ1) is 8.08. The van der Waals surface area contributed by atoms with Gasteiger partial charge in [-0.05, 0) is 66.1 Å². The molecule has 1 unspecified atom stereocenters. The second-order valence-corrected chi connectivity index (χ2v) is 6.66. The summed E-state index contributed by atoms with van der Waals surface area (Å²) in [6.07, 6.45) is 2.55.